The molecule has 3 rings (SSSR count). The number of hydrogen-bond acceptors (Lipinski definition) is 9. The van der Waals surface area contributed by atoms with Gasteiger partial charge >= 0.3 is 5.97 Å². The van der Waals surface area contributed by atoms with E-state index in [9.17, 15) is 13.2 Å². The average molecular weight is 443 g/mol. The number of nitrogens with one attached hydrogen (secondary N) is 2. The van der Waals surface area contributed by atoms with E-state index < -0.39 is 16.0 Å². The maximum atomic E-state index is 12.2. The fraction of sp³-hybridized carbons (Fsp3) is 0.200. The van der Waals surface area contributed by atoms with Crippen LogP contribution < -0.4 is 15.8 Å². The van der Waals surface area contributed by atoms with Crippen molar-refractivity contribution >= 4 is 33.6 Å². The summed E-state index contributed by atoms with van der Waals surface area (Å²) in [5.41, 5.74) is 7.40. The van der Waals surface area contributed by atoms with Crippen LogP contribution in [0.3, 0.4) is 0 Å². The van der Waals surface area contributed by atoms with Crippen molar-refractivity contribution < 1.29 is 17.9 Å². The molecule has 1 aromatic heterocycles. The van der Waals surface area contributed by atoms with E-state index in [2.05, 4.69) is 25.0 Å². The first-order chi connectivity index (χ1) is 14.8. The zero-order chi connectivity index (χ0) is 22.3. The lowest BCUT2D eigenvalue weighted by Crippen LogP contribution is -2.26. The van der Waals surface area contributed by atoms with Crippen LogP contribution in [0.2, 0.25) is 0 Å². The number of para-hydroxylation sites is 1. The zero-order valence-electron chi connectivity index (χ0n) is 16.8. The molecule has 11 heteroatoms. The molecule has 4 N–H and O–H groups in total. The van der Waals surface area contributed by atoms with Crippen molar-refractivity contribution in [1.29, 1.82) is 0 Å². The number of rotatable bonds is 9. The van der Waals surface area contributed by atoms with Gasteiger partial charge in [0.2, 0.25) is 21.9 Å². The highest BCUT2D eigenvalue weighted by molar-refractivity contribution is 7.89. The van der Waals surface area contributed by atoms with E-state index >= 15 is 0 Å². The van der Waals surface area contributed by atoms with Crippen molar-refractivity contribution in [2.45, 2.75) is 24.8 Å². The van der Waals surface area contributed by atoms with E-state index in [-0.39, 0.29) is 42.2 Å². The van der Waals surface area contributed by atoms with Crippen LogP contribution in [0.5, 0.6) is 0 Å². The SMILES string of the molecule is Cc1ccc(S(=O)(=O)NCCC(=O)OCc2nc(N)nc(Nc3ccccc3)n2)cc1. The Balaban J connectivity index is 1.49. The number of hydrogen-bond donors (Lipinski definition) is 3. The van der Waals surface area contributed by atoms with E-state index in [4.69, 9.17) is 10.5 Å². The Hall–Kier alpha value is -3.57. The summed E-state index contributed by atoms with van der Waals surface area (Å²) in [6.45, 7) is 1.54. The van der Waals surface area contributed by atoms with Crippen LogP contribution in [0.1, 0.15) is 17.8 Å². The van der Waals surface area contributed by atoms with Crippen molar-refractivity contribution in [2.24, 2.45) is 0 Å². The largest absolute Gasteiger partial charge is 0.457 e. The molecule has 0 atom stereocenters. The van der Waals surface area contributed by atoms with Crippen LogP contribution in [0.15, 0.2) is 59.5 Å². The number of aromatic nitrogens is 3. The van der Waals surface area contributed by atoms with Gasteiger partial charge in [-0.1, -0.05) is 35.9 Å². The van der Waals surface area contributed by atoms with Gasteiger partial charge in [-0.25, -0.2) is 13.1 Å². The van der Waals surface area contributed by atoms with Crippen molar-refractivity contribution in [3.05, 3.63) is 66.0 Å². The molecule has 0 radical (unpaired) electrons. The Morgan fingerprint density at radius 3 is 2.45 bits per heavy atom. The molecule has 2 aromatic carbocycles. The Bertz CT molecular complexity index is 1140. The van der Waals surface area contributed by atoms with Crippen LogP contribution in [-0.4, -0.2) is 35.9 Å². The lowest BCUT2D eigenvalue weighted by molar-refractivity contribution is -0.145. The molecule has 0 spiro atoms. The Morgan fingerprint density at radius 2 is 1.74 bits per heavy atom. The summed E-state index contributed by atoms with van der Waals surface area (Å²) >= 11 is 0. The van der Waals surface area contributed by atoms with E-state index in [1.807, 2.05) is 37.3 Å². The molecule has 162 valence electrons. The van der Waals surface area contributed by atoms with Gasteiger partial charge in [0.15, 0.2) is 12.4 Å². The third-order valence-electron chi connectivity index (χ3n) is 4.04. The average Bonchev–Trinajstić information content (AvgIpc) is 2.73. The third-order valence-corrected chi connectivity index (χ3v) is 5.52. The van der Waals surface area contributed by atoms with E-state index in [1.54, 1.807) is 12.1 Å². The van der Waals surface area contributed by atoms with Gasteiger partial charge in [-0.15, -0.1) is 0 Å². The predicted octanol–water partition coefficient (Wildman–Crippen LogP) is 1.92. The van der Waals surface area contributed by atoms with Gasteiger partial charge in [0, 0.05) is 12.2 Å². The fourth-order valence-electron chi connectivity index (χ4n) is 2.51. The molecule has 1 heterocycles. The minimum atomic E-state index is -3.70. The molecule has 0 aliphatic heterocycles. The van der Waals surface area contributed by atoms with E-state index in [0.29, 0.717) is 0 Å². The van der Waals surface area contributed by atoms with Crippen molar-refractivity contribution in [3.63, 3.8) is 0 Å². The lowest BCUT2D eigenvalue weighted by Gasteiger charge is -2.09. The number of ether oxygens (including phenoxy) is 1. The first kappa shape index (κ1) is 22.1. The van der Waals surface area contributed by atoms with Gasteiger partial charge in [0.05, 0.1) is 11.3 Å². The minimum Gasteiger partial charge on any atom is -0.457 e. The molecule has 0 saturated heterocycles. The monoisotopic (exact) mass is 442 g/mol. The second-order valence-corrected chi connectivity index (χ2v) is 8.31. The van der Waals surface area contributed by atoms with Crippen LogP contribution in [-0.2, 0) is 26.2 Å². The highest BCUT2D eigenvalue weighted by atomic mass is 32.2. The molecule has 31 heavy (non-hydrogen) atoms. The topological polar surface area (TPSA) is 149 Å². The molecule has 3 aromatic rings. The normalized spacial score (nSPS) is 11.1. The maximum Gasteiger partial charge on any atom is 0.307 e. The number of carbonyl (C=O) groups excluding carboxylic acids is 1. The Labute approximate surface area is 180 Å². The number of esters is 1. The second kappa shape index (κ2) is 9.96. The van der Waals surface area contributed by atoms with Crippen molar-refractivity contribution in [1.82, 2.24) is 19.7 Å². The molecule has 0 saturated carbocycles. The Morgan fingerprint density at radius 1 is 1.03 bits per heavy atom. The highest BCUT2D eigenvalue weighted by Gasteiger charge is 2.15. The van der Waals surface area contributed by atoms with Crippen molar-refractivity contribution in [3.8, 4) is 0 Å². The summed E-state index contributed by atoms with van der Waals surface area (Å²) in [7, 11) is -3.70. The Kier molecular flexibility index (Phi) is 7.11. The fourth-order valence-corrected chi connectivity index (χ4v) is 3.55. The number of aryl methyl sites for hydroxylation is 1. The quantitative estimate of drug-likeness (QED) is 0.422. The van der Waals surface area contributed by atoms with Gasteiger partial charge < -0.3 is 15.8 Å². The molecule has 10 nitrogen and oxygen atoms in total. The number of nitrogens with zero attached hydrogens (tertiary/aromatic N) is 3. The first-order valence-corrected chi connectivity index (χ1v) is 10.8. The van der Waals surface area contributed by atoms with Crippen molar-refractivity contribution in [2.75, 3.05) is 17.6 Å². The molecule has 0 bridgehead atoms. The molecule has 0 fully saturated rings. The summed E-state index contributed by atoms with van der Waals surface area (Å²) in [4.78, 5) is 24.2. The van der Waals surface area contributed by atoms with Gasteiger partial charge in [-0.2, -0.15) is 15.0 Å². The summed E-state index contributed by atoms with van der Waals surface area (Å²) in [6.07, 6.45) is -0.152. The summed E-state index contributed by atoms with van der Waals surface area (Å²) in [5.74, 6) is -0.247. The van der Waals surface area contributed by atoms with Gasteiger partial charge in [-0.3, -0.25) is 4.79 Å². The smallest absolute Gasteiger partial charge is 0.307 e. The number of nitrogens with two attached hydrogens (primary N) is 1. The summed E-state index contributed by atoms with van der Waals surface area (Å²) in [6, 6.07) is 15.6. The third kappa shape index (κ3) is 6.73. The molecule has 0 aliphatic rings. The molecular weight excluding hydrogens is 420 g/mol. The first-order valence-electron chi connectivity index (χ1n) is 9.36. The molecule has 0 unspecified atom stereocenters. The van der Waals surface area contributed by atoms with Gasteiger partial charge in [0.1, 0.15) is 0 Å². The number of benzene rings is 2. The van der Waals surface area contributed by atoms with Crippen LogP contribution in [0.25, 0.3) is 0 Å². The standard InChI is InChI=1S/C20H22N6O4S/c1-14-7-9-16(10-8-14)31(28,29)22-12-11-18(27)30-13-17-24-19(21)26-20(25-17)23-15-5-3-2-4-6-15/h2-10,22H,11-13H2,1H3,(H3,21,23,24,25,26). The van der Waals surface area contributed by atoms with E-state index in [1.165, 1.54) is 12.1 Å². The minimum absolute atomic E-state index is 0.0228. The molecule has 0 amide bonds. The predicted molar refractivity (Wildman–Crippen MR) is 115 cm³/mol. The lowest BCUT2D eigenvalue weighted by atomic mass is 10.2. The van der Waals surface area contributed by atoms with E-state index in [0.717, 1.165) is 11.3 Å². The summed E-state index contributed by atoms with van der Waals surface area (Å²) < 4.78 is 31.9. The van der Waals surface area contributed by atoms with Crippen LogP contribution in [0, 0.1) is 6.92 Å². The van der Waals surface area contributed by atoms with Gasteiger partial charge in [0.25, 0.3) is 0 Å². The number of carbonyl (C=O) groups is 1. The second-order valence-electron chi connectivity index (χ2n) is 6.55. The highest BCUT2D eigenvalue weighted by Crippen LogP contribution is 2.13. The van der Waals surface area contributed by atoms with Crippen LogP contribution >= 0.6 is 0 Å². The number of anilines is 3. The van der Waals surface area contributed by atoms with Gasteiger partial charge in [-0.05, 0) is 31.2 Å². The number of nitrogen functional groups attached to an aromatic ring is 1. The molecular formula is C20H22N6O4S. The zero-order valence-corrected chi connectivity index (χ0v) is 17.6. The molecule has 0 aliphatic carbocycles. The summed E-state index contributed by atoms with van der Waals surface area (Å²) in [5, 5.41) is 2.98. The van der Waals surface area contributed by atoms with Crippen LogP contribution in [0.4, 0.5) is 17.6 Å². The number of sulfonamides is 1. The maximum absolute atomic E-state index is 12.2.